The van der Waals surface area contributed by atoms with E-state index in [1.165, 1.54) is 25.3 Å². The fourth-order valence-corrected chi connectivity index (χ4v) is 3.21. The van der Waals surface area contributed by atoms with Gasteiger partial charge >= 0.3 is 5.97 Å². The quantitative estimate of drug-likeness (QED) is 0.624. The maximum atomic E-state index is 13.7. The Bertz CT molecular complexity index is 928. The number of carbonyl (C=O) groups is 3. The molecule has 0 spiro atoms. The molecule has 1 aliphatic rings. The molecular weight excluding hydrogens is 371 g/mol. The normalized spacial score (nSPS) is 15.3. The van der Waals surface area contributed by atoms with E-state index in [2.05, 4.69) is 10.1 Å². The van der Waals surface area contributed by atoms with Crippen molar-refractivity contribution in [1.29, 1.82) is 0 Å². The molecule has 0 aromatic heterocycles. The molecule has 1 aliphatic heterocycles. The number of methoxy groups -OCH3 is 1. The number of ether oxygens (including phenoxy) is 1. The Hall–Kier alpha value is -3.13. The zero-order valence-electron chi connectivity index (χ0n) is 14.3. The van der Waals surface area contributed by atoms with Crippen LogP contribution in [0.25, 0.3) is 6.08 Å². The summed E-state index contributed by atoms with van der Waals surface area (Å²) in [6.45, 7) is -0.0448. The fraction of sp³-hybridized carbons (Fsp3) is 0.105. The van der Waals surface area contributed by atoms with Crippen LogP contribution in [0.15, 0.2) is 53.4 Å². The van der Waals surface area contributed by atoms with Gasteiger partial charge in [0.15, 0.2) is 0 Å². The first-order valence-corrected chi connectivity index (χ1v) is 8.73. The molecule has 27 heavy (non-hydrogen) atoms. The first-order chi connectivity index (χ1) is 13.0. The van der Waals surface area contributed by atoms with Crippen LogP contribution in [0, 0.1) is 5.82 Å². The van der Waals surface area contributed by atoms with Crippen LogP contribution in [0.1, 0.15) is 15.9 Å². The number of thioether (sulfide) groups is 1. The molecule has 2 aromatic rings. The molecule has 2 aromatic carbocycles. The SMILES string of the molecule is COC(=O)c1ccc(NCN2C(=O)S/C(=C/c3ccccc3F)C2=O)cc1. The van der Waals surface area contributed by atoms with Crippen molar-refractivity contribution in [2.75, 3.05) is 19.1 Å². The molecule has 1 heterocycles. The number of nitrogens with zero attached hydrogens (tertiary/aromatic N) is 1. The first kappa shape index (κ1) is 18.7. The molecule has 0 atom stereocenters. The number of halogens is 1. The number of nitrogens with one attached hydrogen (secondary N) is 1. The van der Waals surface area contributed by atoms with Gasteiger partial charge in [-0.3, -0.25) is 14.5 Å². The van der Waals surface area contributed by atoms with E-state index in [4.69, 9.17) is 0 Å². The minimum Gasteiger partial charge on any atom is -0.465 e. The second-order valence-electron chi connectivity index (χ2n) is 5.54. The molecular formula is C19H15FN2O4S. The van der Waals surface area contributed by atoms with E-state index in [0.717, 1.165) is 16.7 Å². The van der Waals surface area contributed by atoms with E-state index in [1.54, 1.807) is 36.4 Å². The van der Waals surface area contributed by atoms with Gasteiger partial charge in [0.1, 0.15) is 5.82 Å². The van der Waals surface area contributed by atoms with Crippen molar-refractivity contribution in [3.63, 3.8) is 0 Å². The van der Waals surface area contributed by atoms with Crippen LogP contribution in [0.4, 0.5) is 14.9 Å². The first-order valence-electron chi connectivity index (χ1n) is 7.92. The van der Waals surface area contributed by atoms with Gasteiger partial charge in [-0.25, -0.2) is 9.18 Å². The minimum atomic E-state index is -0.494. The average Bonchev–Trinajstić information content (AvgIpc) is 2.94. The van der Waals surface area contributed by atoms with Gasteiger partial charge in [0.2, 0.25) is 0 Å². The number of hydrogen-bond acceptors (Lipinski definition) is 6. The van der Waals surface area contributed by atoms with E-state index in [9.17, 15) is 18.8 Å². The van der Waals surface area contributed by atoms with Crippen molar-refractivity contribution in [1.82, 2.24) is 4.90 Å². The van der Waals surface area contributed by atoms with Crippen LogP contribution in [0.2, 0.25) is 0 Å². The lowest BCUT2D eigenvalue weighted by Gasteiger charge is -2.14. The second kappa shape index (κ2) is 8.05. The van der Waals surface area contributed by atoms with E-state index in [1.807, 2.05) is 0 Å². The van der Waals surface area contributed by atoms with Crippen LogP contribution < -0.4 is 5.32 Å². The number of rotatable bonds is 5. The number of esters is 1. The minimum absolute atomic E-state index is 0.0448. The van der Waals surface area contributed by atoms with Gasteiger partial charge in [0.05, 0.1) is 24.2 Å². The van der Waals surface area contributed by atoms with Crippen molar-refractivity contribution in [3.05, 3.63) is 70.4 Å². The number of anilines is 1. The summed E-state index contributed by atoms with van der Waals surface area (Å²) in [7, 11) is 1.29. The van der Waals surface area contributed by atoms with Crippen LogP contribution >= 0.6 is 11.8 Å². The lowest BCUT2D eigenvalue weighted by molar-refractivity contribution is -0.122. The summed E-state index contributed by atoms with van der Waals surface area (Å²) in [5.41, 5.74) is 1.26. The van der Waals surface area contributed by atoms with Crippen molar-refractivity contribution >= 4 is 40.6 Å². The van der Waals surface area contributed by atoms with Gasteiger partial charge in [-0.05, 0) is 48.2 Å². The summed E-state index contributed by atoms with van der Waals surface area (Å²) in [6.07, 6.45) is 1.37. The molecule has 6 nitrogen and oxygen atoms in total. The number of amides is 2. The molecule has 8 heteroatoms. The maximum Gasteiger partial charge on any atom is 0.337 e. The molecule has 1 N–H and O–H groups in total. The third-order valence-corrected chi connectivity index (χ3v) is 4.72. The van der Waals surface area contributed by atoms with Gasteiger partial charge in [-0.15, -0.1) is 0 Å². The molecule has 2 amide bonds. The summed E-state index contributed by atoms with van der Waals surface area (Å²) >= 11 is 0.760. The van der Waals surface area contributed by atoms with Crippen LogP contribution in [-0.4, -0.2) is 35.8 Å². The molecule has 0 bridgehead atoms. The Morgan fingerprint density at radius 1 is 1.19 bits per heavy atom. The molecule has 3 rings (SSSR count). The van der Waals surface area contributed by atoms with Gasteiger partial charge < -0.3 is 10.1 Å². The maximum absolute atomic E-state index is 13.7. The lowest BCUT2D eigenvalue weighted by atomic mass is 10.2. The third-order valence-electron chi connectivity index (χ3n) is 3.81. The molecule has 0 saturated carbocycles. The summed E-state index contributed by atoms with van der Waals surface area (Å²) < 4.78 is 18.4. The number of benzene rings is 2. The van der Waals surface area contributed by atoms with Crippen molar-refractivity contribution in [2.24, 2.45) is 0 Å². The van der Waals surface area contributed by atoms with Crippen molar-refractivity contribution in [2.45, 2.75) is 0 Å². The summed E-state index contributed by atoms with van der Waals surface area (Å²) in [6, 6.07) is 12.4. The zero-order valence-corrected chi connectivity index (χ0v) is 15.1. The summed E-state index contributed by atoms with van der Waals surface area (Å²) in [4.78, 5) is 37.1. The molecule has 0 unspecified atom stereocenters. The molecule has 0 radical (unpaired) electrons. The van der Waals surface area contributed by atoms with E-state index < -0.39 is 22.9 Å². The molecule has 0 aliphatic carbocycles. The van der Waals surface area contributed by atoms with Gasteiger partial charge in [0, 0.05) is 11.3 Å². The van der Waals surface area contributed by atoms with Crippen molar-refractivity contribution in [3.8, 4) is 0 Å². The van der Waals surface area contributed by atoms with E-state index >= 15 is 0 Å². The Morgan fingerprint density at radius 3 is 2.56 bits per heavy atom. The van der Waals surface area contributed by atoms with Crippen LogP contribution in [0.3, 0.4) is 0 Å². The third kappa shape index (κ3) is 4.17. The van der Waals surface area contributed by atoms with Gasteiger partial charge in [0.25, 0.3) is 11.1 Å². The molecule has 138 valence electrons. The Kier molecular flexibility index (Phi) is 5.56. The van der Waals surface area contributed by atoms with Crippen molar-refractivity contribution < 1.29 is 23.5 Å². The summed E-state index contributed by atoms with van der Waals surface area (Å²) in [5, 5.41) is 2.50. The highest BCUT2D eigenvalue weighted by atomic mass is 32.2. The fourth-order valence-electron chi connectivity index (χ4n) is 2.38. The topological polar surface area (TPSA) is 75.7 Å². The lowest BCUT2D eigenvalue weighted by Crippen LogP contribution is -2.33. The Balaban J connectivity index is 1.67. The largest absolute Gasteiger partial charge is 0.465 e. The average molecular weight is 386 g/mol. The monoisotopic (exact) mass is 386 g/mol. The van der Waals surface area contributed by atoms with Gasteiger partial charge in [-0.1, -0.05) is 18.2 Å². The summed E-state index contributed by atoms with van der Waals surface area (Å²) in [5.74, 6) is -1.41. The molecule has 1 fully saturated rings. The Labute approximate surface area is 159 Å². The highest BCUT2D eigenvalue weighted by Crippen LogP contribution is 2.32. The van der Waals surface area contributed by atoms with E-state index in [-0.39, 0.29) is 17.1 Å². The van der Waals surface area contributed by atoms with E-state index in [0.29, 0.717) is 11.3 Å². The molecule has 1 saturated heterocycles. The highest BCUT2D eigenvalue weighted by molar-refractivity contribution is 8.18. The predicted octanol–water partition coefficient (Wildman–Crippen LogP) is 3.72. The Morgan fingerprint density at radius 2 is 1.89 bits per heavy atom. The van der Waals surface area contributed by atoms with Gasteiger partial charge in [-0.2, -0.15) is 0 Å². The highest BCUT2D eigenvalue weighted by Gasteiger charge is 2.34. The predicted molar refractivity (Wildman–Crippen MR) is 100 cm³/mol. The number of hydrogen-bond donors (Lipinski definition) is 1. The standard InChI is InChI=1S/C19H15FN2O4S/c1-26-18(24)12-6-8-14(9-7-12)21-11-22-17(23)16(27-19(22)25)10-13-4-2-3-5-15(13)20/h2-10,21H,11H2,1H3/b16-10+. The second-order valence-corrected chi connectivity index (χ2v) is 6.53. The number of imide groups is 1. The van der Waals surface area contributed by atoms with Crippen LogP contribution in [0.5, 0.6) is 0 Å². The van der Waals surface area contributed by atoms with Crippen LogP contribution in [-0.2, 0) is 9.53 Å². The zero-order chi connectivity index (χ0) is 19.4. The smallest absolute Gasteiger partial charge is 0.337 e. The number of carbonyl (C=O) groups excluding carboxylic acids is 3.